The van der Waals surface area contributed by atoms with Crippen molar-refractivity contribution in [3.8, 4) is 11.5 Å². The fourth-order valence-electron chi connectivity index (χ4n) is 2.39. The first-order chi connectivity index (χ1) is 12.3. The molecular weight excluding hydrogens is 372 g/mol. The van der Waals surface area contributed by atoms with Gasteiger partial charge in [0.1, 0.15) is 5.82 Å². The first-order valence-corrected chi connectivity index (χ1v) is 7.99. The van der Waals surface area contributed by atoms with Gasteiger partial charge in [0, 0.05) is 13.1 Å². The third-order valence-electron chi connectivity index (χ3n) is 3.63. The molecule has 0 amide bonds. The highest BCUT2D eigenvalue weighted by atomic mass is 32.1. The molecule has 0 spiro atoms. The lowest BCUT2D eigenvalue weighted by molar-refractivity contribution is -0.137. The second kappa shape index (κ2) is 7.36. The summed E-state index contributed by atoms with van der Waals surface area (Å²) in [4.78, 5) is 0. The van der Waals surface area contributed by atoms with Crippen LogP contribution in [0.2, 0.25) is 0 Å². The molecule has 0 aliphatic carbocycles. The largest absolute Gasteiger partial charge is 0.454 e. The van der Waals surface area contributed by atoms with Gasteiger partial charge in [-0.25, -0.2) is 4.39 Å². The minimum absolute atomic E-state index is 0.0339. The van der Waals surface area contributed by atoms with Crippen LogP contribution in [0.25, 0.3) is 0 Å². The summed E-state index contributed by atoms with van der Waals surface area (Å²) in [6, 6.07) is 7.80. The minimum atomic E-state index is -4.60. The number of thiocarbonyl (C=S) groups is 1. The van der Waals surface area contributed by atoms with Crippen molar-refractivity contribution in [2.24, 2.45) is 0 Å². The Morgan fingerprint density at radius 3 is 2.38 bits per heavy atom. The van der Waals surface area contributed by atoms with Crippen molar-refractivity contribution >= 4 is 17.3 Å². The summed E-state index contributed by atoms with van der Waals surface area (Å²) in [6.45, 7) is 0.535. The van der Waals surface area contributed by atoms with E-state index in [-0.39, 0.29) is 24.0 Å². The summed E-state index contributed by atoms with van der Waals surface area (Å²) in [5.74, 6) is 0.361. The van der Waals surface area contributed by atoms with Crippen molar-refractivity contribution in [2.45, 2.75) is 19.3 Å². The number of hydrogen-bond donors (Lipinski definition) is 2. The Balaban J connectivity index is 1.54. The van der Waals surface area contributed by atoms with E-state index in [1.165, 1.54) is 0 Å². The molecule has 0 fully saturated rings. The molecule has 9 heteroatoms. The summed E-state index contributed by atoms with van der Waals surface area (Å²) in [6.07, 6.45) is -4.60. The third kappa shape index (κ3) is 4.54. The highest BCUT2D eigenvalue weighted by Gasteiger charge is 2.31. The van der Waals surface area contributed by atoms with Crippen LogP contribution in [0.1, 0.15) is 16.7 Å². The van der Waals surface area contributed by atoms with E-state index < -0.39 is 17.6 Å². The monoisotopic (exact) mass is 386 g/mol. The molecule has 26 heavy (non-hydrogen) atoms. The molecule has 0 atom stereocenters. The molecular formula is C17H14F4N2O2S. The molecule has 138 valence electrons. The Morgan fingerprint density at radius 1 is 0.962 bits per heavy atom. The zero-order chi connectivity index (χ0) is 18.7. The first kappa shape index (κ1) is 18.2. The van der Waals surface area contributed by atoms with E-state index in [9.17, 15) is 17.6 Å². The van der Waals surface area contributed by atoms with Gasteiger partial charge in [0.15, 0.2) is 16.6 Å². The number of benzene rings is 2. The van der Waals surface area contributed by atoms with Gasteiger partial charge in [-0.05, 0) is 53.7 Å². The van der Waals surface area contributed by atoms with E-state index in [1.54, 1.807) is 12.1 Å². The quantitative estimate of drug-likeness (QED) is 0.619. The van der Waals surface area contributed by atoms with Crippen LogP contribution in [0.4, 0.5) is 17.6 Å². The number of nitrogens with one attached hydrogen (secondary N) is 2. The molecule has 2 N–H and O–H groups in total. The zero-order valence-electron chi connectivity index (χ0n) is 13.3. The van der Waals surface area contributed by atoms with E-state index in [2.05, 4.69) is 10.6 Å². The first-order valence-electron chi connectivity index (χ1n) is 7.58. The van der Waals surface area contributed by atoms with Gasteiger partial charge in [-0.3, -0.25) is 0 Å². The third-order valence-corrected chi connectivity index (χ3v) is 3.92. The summed E-state index contributed by atoms with van der Waals surface area (Å²) in [5.41, 5.74) is 0.00149. The maximum Gasteiger partial charge on any atom is 0.416 e. The van der Waals surface area contributed by atoms with Crippen LogP contribution >= 0.6 is 12.2 Å². The SMILES string of the molecule is Fc1cc(CNC(=S)NCc2ccc3c(c2)OCO3)cc(C(F)(F)F)c1. The highest BCUT2D eigenvalue weighted by Crippen LogP contribution is 2.32. The van der Waals surface area contributed by atoms with Gasteiger partial charge in [0.05, 0.1) is 5.56 Å². The molecule has 0 unspecified atom stereocenters. The maximum atomic E-state index is 13.4. The molecule has 0 radical (unpaired) electrons. The van der Waals surface area contributed by atoms with Crippen LogP contribution in [0.5, 0.6) is 11.5 Å². The molecule has 0 saturated heterocycles. The molecule has 1 aliphatic heterocycles. The molecule has 4 nitrogen and oxygen atoms in total. The Kier molecular flexibility index (Phi) is 5.17. The average Bonchev–Trinajstić information content (AvgIpc) is 3.04. The summed E-state index contributed by atoms with van der Waals surface area (Å²) in [5, 5.41) is 5.92. The van der Waals surface area contributed by atoms with Gasteiger partial charge in [-0.1, -0.05) is 6.07 Å². The predicted octanol–water partition coefficient (Wildman–Crippen LogP) is 3.74. The highest BCUT2D eigenvalue weighted by molar-refractivity contribution is 7.80. The molecule has 2 aromatic carbocycles. The van der Waals surface area contributed by atoms with Gasteiger partial charge in [0.2, 0.25) is 6.79 Å². The Bertz CT molecular complexity index is 827. The van der Waals surface area contributed by atoms with Crippen LogP contribution in [0.15, 0.2) is 36.4 Å². The Morgan fingerprint density at radius 2 is 1.65 bits per heavy atom. The molecule has 0 saturated carbocycles. The van der Waals surface area contributed by atoms with Gasteiger partial charge in [-0.2, -0.15) is 13.2 Å². The van der Waals surface area contributed by atoms with Crippen LogP contribution in [0, 0.1) is 5.82 Å². The number of alkyl halides is 3. The van der Waals surface area contributed by atoms with Crippen molar-refractivity contribution in [1.29, 1.82) is 0 Å². The lowest BCUT2D eigenvalue weighted by Crippen LogP contribution is -2.34. The molecule has 2 aromatic rings. The summed E-state index contributed by atoms with van der Waals surface area (Å²) >= 11 is 5.10. The maximum absolute atomic E-state index is 13.4. The van der Waals surface area contributed by atoms with E-state index in [1.807, 2.05) is 6.07 Å². The fraction of sp³-hybridized carbons (Fsp3) is 0.235. The molecule has 1 aliphatic rings. The summed E-state index contributed by atoms with van der Waals surface area (Å²) in [7, 11) is 0. The average molecular weight is 386 g/mol. The normalized spacial score (nSPS) is 12.8. The second-order valence-corrected chi connectivity index (χ2v) is 5.98. The fourth-order valence-corrected chi connectivity index (χ4v) is 2.54. The number of ether oxygens (including phenoxy) is 2. The number of fused-ring (bicyclic) bond motifs is 1. The molecule has 0 aromatic heterocycles. The van der Waals surface area contributed by atoms with Crippen molar-refractivity contribution in [3.05, 3.63) is 58.9 Å². The topological polar surface area (TPSA) is 42.5 Å². The minimum Gasteiger partial charge on any atom is -0.454 e. The smallest absolute Gasteiger partial charge is 0.416 e. The van der Waals surface area contributed by atoms with E-state index in [0.29, 0.717) is 24.1 Å². The van der Waals surface area contributed by atoms with E-state index in [4.69, 9.17) is 21.7 Å². The van der Waals surface area contributed by atoms with E-state index >= 15 is 0 Å². The number of hydrogen-bond acceptors (Lipinski definition) is 3. The Labute approximate surface area is 152 Å². The second-order valence-electron chi connectivity index (χ2n) is 5.57. The van der Waals surface area contributed by atoms with Crippen LogP contribution < -0.4 is 20.1 Å². The zero-order valence-corrected chi connectivity index (χ0v) is 14.1. The molecule has 0 bridgehead atoms. The van der Waals surface area contributed by atoms with Gasteiger partial charge >= 0.3 is 6.18 Å². The van der Waals surface area contributed by atoms with Crippen LogP contribution in [0.3, 0.4) is 0 Å². The van der Waals surface area contributed by atoms with Gasteiger partial charge in [-0.15, -0.1) is 0 Å². The predicted molar refractivity (Wildman–Crippen MR) is 90.2 cm³/mol. The van der Waals surface area contributed by atoms with E-state index in [0.717, 1.165) is 17.7 Å². The van der Waals surface area contributed by atoms with Crippen LogP contribution in [-0.2, 0) is 19.3 Å². The standard InChI is InChI=1S/C17H14F4N2O2S/c18-13-4-11(3-12(6-13)17(19,20)21)8-23-16(26)22-7-10-1-2-14-15(5-10)25-9-24-14/h1-6H,7-9H2,(H2,22,23,26). The number of halogens is 4. The molecule has 3 rings (SSSR count). The van der Waals surface area contributed by atoms with Gasteiger partial charge < -0.3 is 20.1 Å². The van der Waals surface area contributed by atoms with Crippen molar-refractivity contribution in [1.82, 2.24) is 10.6 Å². The van der Waals surface area contributed by atoms with Crippen molar-refractivity contribution in [3.63, 3.8) is 0 Å². The Hall–Kier alpha value is -2.55. The lowest BCUT2D eigenvalue weighted by Gasteiger charge is -2.13. The summed E-state index contributed by atoms with van der Waals surface area (Å²) < 4.78 is 62.0. The van der Waals surface area contributed by atoms with Crippen molar-refractivity contribution in [2.75, 3.05) is 6.79 Å². The van der Waals surface area contributed by atoms with Crippen LogP contribution in [-0.4, -0.2) is 11.9 Å². The lowest BCUT2D eigenvalue weighted by atomic mass is 10.1. The van der Waals surface area contributed by atoms with Crippen molar-refractivity contribution < 1.29 is 27.0 Å². The number of rotatable bonds is 4. The molecule has 1 heterocycles. The van der Waals surface area contributed by atoms with Gasteiger partial charge in [0.25, 0.3) is 0 Å².